The van der Waals surface area contributed by atoms with Crippen LogP contribution < -0.4 is 5.32 Å². The van der Waals surface area contributed by atoms with E-state index in [0.717, 1.165) is 6.54 Å². The van der Waals surface area contributed by atoms with Gasteiger partial charge in [0, 0.05) is 20.1 Å². The minimum atomic E-state index is -0.161. The largest absolute Gasteiger partial charge is 0.340 e. The summed E-state index contributed by atoms with van der Waals surface area (Å²) in [4.78, 5) is 13.6. The Bertz CT molecular complexity index is 365. The molecule has 17 heavy (non-hydrogen) atoms. The van der Waals surface area contributed by atoms with Gasteiger partial charge in [-0.15, -0.1) is 12.4 Å². The van der Waals surface area contributed by atoms with E-state index in [4.69, 9.17) is 23.2 Å². The summed E-state index contributed by atoms with van der Waals surface area (Å²) >= 11 is 11.9. The van der Waals surface area contributed by atoms with Crippen molar-refractivity contribution in [1.29, 1.82) is 0 Å². The summed E-state index contributed by atoms with van der Waals surface area (Å²) in [6.45, 7) is 1.33. The third-order valence-corrected chi connectivity index (χ3v) is 2.85. The van der Waals surface area contributed by atoms with Crippen molar-refractivity contribution >= 4 is 41.5 Å². The van der Waals surface area contributed by atoms with Crippen molar-refractivity contribution in [2.75, 3.05) is 27.2 Å². The van der Waals surface area contributed by atoms with Crippen LogP contribution in [0.25, 0.3) is 0 Å². The van der Waals surface area contributed by atoms with Crippen molar-refractivity contribution in [3.63, 3.8) is 0 Å². The van der Waals surface area contributed by atoms with Crippen LogP contribution in [0, 0.1) is 0 Å². The minimum absolute atomic E-state index is 0. The van der Waals surface area contributed by atoms with E-state index in [9.17, 15) is 4.79 Å². The first kappa shape index (κ1) is 16.5. The zero-order chi connectivity index (χ0) is 12.1. The van der Waals surface area contributed by atoms with E-state index in [0.29, 0.717) is 22.2 Å². The lowest BCUT2D eigenvalue weighted by molar-refractivity contribution is 0.0797. The number of rotatable bonds is 4. The highest BCUT2D eigenvalue weighted by molar-refractivity contribution is 6.39. The second-order valence-corrected chi connectivity index (χ2v) is 4.24. The van der Waals surface area contributed by atoms with Gasteiger partial charge >= 0.3 is 0 Å². The van der Waals surface area contributed by atoms with Crippen molar-refractivity contribution in [3.8, 4) is 0 Å². The molecule has 0 saturated carbocycles. The molecule has 1 amide bonds. The van der Waals surface area contributed by atoms with Gasteiger partial charge in [-0.25, -0.2) is 0 Å². The van der Waals surface area contributed by atoms with E-state index in [-0.39, 0.29) is 18.3 Å². The molecule has 0 aliphatic rings. The van der Waals surface area contributed by atoms with Crippen molar-refractivity contribution in [3.05, 3.63) is 33.8 Å². The fourth-order valence-electron chi connectivity index (χ4n) is 1.27. The number of carbonyl (C=O) groups excluding carboxylic acids is 1. The smallest absolute Gasteiger partial charge is 0.256 e. The Morgan fingerprint density at radius 2 is 1.88 bits per heavy atom. The molecule has 1 aromatic carbocycles. The number of nitrogens with zero attached hydrogens (tertiary/aromatic N) is 1. The summed E-state index contributed by atoms with van der Waals surface area (Å²) in [7, 11) is 3.56. The predicted octanol–water partition coefficient (Wildman–Crippen LogP) is 2.71. The summed E-state index contributed by atoms with van der Waals surface area (Å²) in [6, 6.07) is 5.04. The van der Waals surface area contributed by atoms with E-state index in [2.05, 4.69) is 5.32 Å². The molecule has 0 fully saturated rings. The highest BCUT2D eigenvalue weighted by Gasteiger charge is 2.17. The van der Waals surface area contributed by atoms with Gasteiger partial charge in [-0.3, -0.25) is 4.79 Å². The molecular formula is C11H15Cl3N2O. The zero-order valence-corrected chi connectivity index (χ0v) is 12.0. The van der Waals surface area contributed by atoms with Gasteiger partial charge in [0.05, 0.1) is 15.6 Å². The van der Waals surface area contributed by atoms with Crippen molar-refractivity contribution < 1.29 is 4.79 Å². The van der Waals surface area contributed by atoms with E-state index in [1.165, 1.54) is 0 Å². The summed E-state index contributed by atoms with van der Waals surface area (Å²) in [6.07, 6.45) is 0. The fourth-order valence-corrected chi connectivity index (χ4v) is 1.83. The van der Waals surface area contributed by atoms with Gasteiger partial charge in [0.25, 0.3) is 5.91 Å². The van der Waals surface area contributed by atoms with Crippen LogP contribution in [0.2, 0.25) is 10.0 Å². The standard InChI is InChI=1S/C11H14Cl2N2O.ClH/c1-14-6-7-15(2)11(16)10-8(12)4-3-5-9(10)13;/h3-5,14H,6-7H2,1-2H3;1H. The van der Waals surface area contributed by atoms with Crippen LogP contribution >= 0.6 is 35.6 Å². The number of nitrogens with one attached hydrogen (secondary N) is 1. The maximum Gasteiger partial charge on any atom is 0.256 e. The topological polar surface area (TPSA) is 32.3 Å². The van der Waals surface area contributed by atoms with Gasteiger partial charge in [-0.1, -0.05) is 29.3 Å². The number of halogens is 3. The fraction of sp³-hybridized carbons (Fsp3) is 0.364. The molecule has 0 spiro atoms. The van der Waals surface area contributed by atoms with E-state index in [1.807, 2.05) is 7.05 Å². The summed E-state index contributed by atoms with van der Waals surface area (Å²) in [5, 5.41) is 3.74. The van der Waals surface area contributed by atoms with Crippen LogP contribution in [-0.2, 0) is 0 Å². The molecule has 0 heterocycles. The first-order chi connectivity index (χ1) is 7.57. The van der Waals surface area contributed by atoms with E-state index < -0.39 is 0 Å². The molecule has 1 rings (SSSR count). The molecule has 6 heteroatoms. The highest BCUT2D eigenvalue weighted by atomic mass is 35.5. The van der Waals surface area contributed by atoms with Crippen LogP contribution in [-0.4, -0.2) is 38.0 Å². The molecule has 3 nitrogen and oxygen atoms in total. The molecule has 0 atom stereocenters. The highest BCUT2D eigenvalue weighted by Crippen LogP contribution is 2.25. The van der Waals surface area contributed by atoms with E-state index in [1.54, 1.807) is 30.1 Å². The first-order valence-electron chi connectivity index (χ1n) is 4.92. The Morgan fingerprint density at radius 1 is 1.35 bits per heavy atom. The second-order valence-electron chi connectivity index (χ2n) is 3.43. The van der Waals surface area contributed by atoms with Gasteiger partial charge in [0.1, 0.15) is 0 Å². The lowest BCUT2D eigenvalue weighted by Crippen LogP contribution is -2.33. The molecule has 0 aliphatic heterocycles. The van der Waals surface area contributed by atoms with Gasteiger partial charge < -0.3 is 10.2 Å². The number of benzene rings is 1. The minimum Gasteiger partial charge on any atom is -0.340 e. The maximum atomic E-state index is 12.0. The molecule has 0 saturated heterocycles. The van der Waals surface area contributed by atoms with Crippen LogP contribution in [0.4, 0.5) is 0 Å². The Balaban J connectivity index is 0.00000256. The number of hydrogen-bond acceptors (Lipinski definition) is 2. The third-order valence-electron chi connectivity index (χ3n) is 2.22. The molecule has 0 aliphatic carbocycles. The third kappa shape index (κ3) is 4.36. The Hall–Kier alpha value is -0.480. The summed E-state index contributed by atoms with van der Waals surface area (Å²) in [5.74, 6) is -0.161. The van der Waals surface area contributed by atoms with Crippen LogP contribution in [0.1, 0.15) is 10.4 Å². The second kappa shape index (κ2) is 7.77. The molecule has 0 radical (unpaired) electrons. The molecule has 0 unspecified atom stereocenters. The maximum absolute atomic E-state index is 12.0. The number of amides is 1. The van der Waals surface area contributed by atoms with Crippen LogP contribution in [0.5, 0.6) is 0 Å². The average molecular weight is 298 g/mol. The van der Waals surface area contributed by atoms with Crippen molar-refractivity contribution in [1.82, 2.24) is 10.2 Å². The monoisotopic (exact) mass is 296 g/mol. The Labute approximate surface area is 117 Å². The molecule has 1 aromatic rings. The van der Waals surface area contributed by atoms with Gasteiger partial charge in [-0.05, 0) is 19.2 Å². The number of likely N-dealkylation sites (N-methyl/N-ethyl adjacent to an activating group) is 2. The molecule has 96 valence electrons. The van der Waals surface area contributed by atoms with Crippen molar-refractivity contribution in [2.24, 2.45) is 0 Å². The molecule has 0 bridgehead atoms. The lowest BCUT2D eigenvalue weighted by Gasteiger charge is -2.18. The van der Waals surface area contributed by atoms with Crippen LogP contribution in [0.3, 0.4) is 0 Å². The Kier molecular flexibility index (Phi) is 7.55. The van der Waals surface area contributed by atoms with Gasteiger partial charge in [-0.2, -0.15) is 0 Å². The zero-order valence-electron chi connectivity index (χ0n) is 9.67. The SMILES string of the molecule is CNCCN(C)C(=O)c1c(Cl)cccc1Cl.Cl. The summed E-state index contributed by atoms with van der Waals surface area (Å²) in [5.41, 5.74) is 0.365. The molecule has 1 N–H and O–H groups in total. The summed E-state index contributed by atoms with van der Waals surface area (Å²) < 4.78 is 0. The average Bonchev–Trinajstić information content (AvgIpc) is 2.25. The molecular weight excluding hydrogens is 282 g/mol. The lowest BCUT2D eigenvalue weighted by atomic mass is 10.2. The predicted molar refractivity (Wildman–Crippen MR) is 74.6 cm³/mol. The number of hydrogen-bond donors (Lipinski definition) is 1. The van der Waals surface area contributed by atoms with Crippen molar-refractivity contribution in [2.45, 2.75) is 0 Å². The van der Waals surface area contributed by atoms with E-state index >= 15 is 0 Å². The Morgan fingerprint density at radius 3 is 2.35 bits per heavy atom. The number of carbonyl (C=O) groups is 1. The quantitative estimate of drug-likeness (QED) is 0.927. The molecule has 0 aromatic heterocycles. The normalized spacial score (nSPS) is 9.65. The first-order valence-corrected chi connectivity index (χ1v) is 5.67. The van der Waals surface area contributed by atoms with Crippen LogP contribution in [0.15, 0.2) is 18.2 Å². The van der Waals surface area contributed by atoms with Gasteiger partial charge in [0.15, 0.2) is 0 Å². The van der Waals surface area contributed by atoms with Gasteiger partial charge in [0.2, 0.25) is 0 Å².